The molecule has 38 heavy (non-hydrogen) atoms. The quantitative estimate of drug-likeness (QED) is 0.279. The van der Waals surface area contributed by atoms with Crippen LogP contribution in [0.25, 0.3) is 5.52 Å². The summed E-state index contributed by atoms with van der Waals surface area (Å²) in [6.07, 6.45) is 3.60. The predicted molar refractivity (Wildman–Crippen MR) is 134 cm³/mol. The molecule has 0 saturated heterocycles. The van der Waals surface area contributed by atoms with Gasteiger partial charge in [-0.05, 0) is 56.9 Å². The second-order valence-corrected chi connectivity index (χ2v) is 8.69. The predicted octanol–water partition coefficient (Wildman–Crippen LogP) is 1.76. The molecule has 0 spiro atoms. The fourth-order valence-corrected chi connectivity index (χ4v) is 3.83. The van der Waals surface area contributed by atoms with Crippen molar-refractivity contribution in [2.45, 2.75) is 39.7 Å². The number of esters is 1. The number of nitrogens with one attached hydrogen (secondary N) is 2. The molecule has 1 saturated carbocycles. The summed E-state index contributed by atoms with van der Waals surface area (Å²) in [4.78, 5) is 55.6. The number of fused-ring (bicyclic) bond motifs is 1. The first-order valence-electron chi connectivity index (χ1n) is 12.0. The van der Waals surface area contributed by atoms with Gasteiger partial charge in [0, 0.05) is 24.3 Å². The van der Waals surface area contributed by atoms with Gasteiger partial charge in [-0.1, -0.05) is 6.07 Å². The Bertz CT molecular complexity index is 1400. The van der Waals surface area contributed by atoms with Gasteiger partial charge < -0.3 is 25.2 Å². The Morgan fingerprint density at radius 2 is 1.92 bits per heavy atom. The Morgan fingerprint density at radius 1 is 1.16 bits per heavy atom. The number of hydrogen-bond acceptors (Lipinski definition) is 9. The monoisotopic (exact) mass is 524 g/mol. The second-order valence-electron chi connectivity index (χ2n) is 8.69. The summed E-state index contributed by atoms with van der Waals surface area (Å²) in [5.41, 5.74) is 2.42. The summed E-state index contributed by atoms with van der Waals surface area (Å²) in [7, 11) is 0. The van der Waals surface area contributed by atoms with Crippen LogP contribution in [0.3, 0.4) is 0 Å². The first-order valence-corrected chi connectivity index (χ1v) is 12.0. The Morgan fingerprint density at radius 3 is 2.61 bits per heavy atom. The number of aromatic nitrogens is 3. The van der Waals surface area contributed by atoms with Crippen molar-refractivity contribution in [2.75, 3.05) is 24.8 Å². The maximum Gasteiger partial charge on any atom is 0.423 e. The smallest absolute Gasteiger partial charge is 0.423 e. The van der Waals surface area contributed by atoms with E-state index in [1.165, 1.54) is 23.1 Å². The van der Waals surface area contributed by atoms with Gasteiger partial charge in [0.1, 0.15) is 18.5 Å². The summed E-state index contributed by atoms with van der Waals surface area (Å²) < 4.78 is 11.3. The van der Waals surface area contributed by atoms with Crippen LogP contribution in [0.2, 0.25) is 0 Å². The van der Waals surface area contributed by atoms with E-state index in [-0.39, 0.29) is 29.4 Å². The normalized spacial score (nSPS) is 12.6. The zero-order valence-corrected chi connectivity index (χ0v) is 21.2. The number of carbonyl (C=O) groups is 4. The lowest BCUT2D eigenvalue weighted by molar-refractivity contribution is -0.154. The average Bonchev–Trinajstić information content (AvgIpc) is 3.65. The van der Waals surface area contributed by atoms with E-state index in [9.17, 15) is 19.2 Å². The van der Waals surface area contributed by atoms with E-state index < -0.39 is 25.5 Å². The van der Waals surface area contributed by atoms with Gasteiger partial charge in [0.2, 0.25) is 6.79 Å². The summed E-state index contributed by atoms with van der Waals surface area (Å²) in [6, 6.07) is 5.00. The number of nitrogens with zero attached hydrogens (tertiary/aromatic N) is 4. The zero-order valence-electron chi connectivity index (χ0n) is 21.2. The lowest BCUT2D eigenvalue weighted by Gasteiger charge is -2.24. The van der Waals surface area contributed by atoms with Crippen LogP contribution in [-0.2, 0) is 14.3 Å². The van der Waals surface area contributed by atoms with Crippen LogP contribution >= 0.6 is 0 Å². The number of benzene rings is 1. The van der Waals surface area contributed by atoms with E-state index >= 15 is 0 Å². The molecule has 2 aromatic heterocycles. The summed E-state index contributed by atoms with van der Waals surface area (Å²) in [6.45, 7) is 4.02. The van der Waals surface area contributed by atoms with E-state index in [0.717, 1.165) is 17.7 Å². The van der Waals surface area contributed by atoms with Crippen molar-refractivity contribution < 1.29 is 33.8 Å². The molecule has 0 radical (unpaired) electrons. The molecule has 0 aliphatic heterocycles. The van der Waals surface area contributed by atoms with Crippen molar-refractivity contribution in [2.24, 2.45) is 0 Å². The third kappa shape index (κ3) is 5.57. The molecular formula is C25H28N6O7. The van der Waals surface area contributed by atoms with Gasteiger partial charge in [-0.25, -0.2) is 24.0 Å². The minimum atomic E-state index is -0.974. The molecule has 3 aromatic rings. The first-order chi connectivity index (χ1) is 18.2. The van der Waals surface area contributed by atoms with Gasteiger partial charge in [-0.15, -0.1) is 0 Å². The summed E-state index contributed by atoms with van der Waals surface area (Å²) >= 11 is 0. The highest BCUT2D eigenvalue weighted by Crippen LogP contribution is 2.34. The second kappa shape index (κ2) is 11.3. The molecule has 3 N–H and O–H groups in total. The number of carbonyl (C=O) groups excluding carboxylic acids is 4. The fraction of sp³-hybridized carbons (Fsp3) is 0.360. The van der Waals surface area contributed by atoms with Crippen LogP contribution in [0.1, 0.15) is 51.6 Å². The van der Waals surface area contributed by atoms with Crippen molar-refractivity contribution in [1.29, 1.82) is 0 Å². The zero-order chi connectivity index (χ0) is 27.4. The third-order valence-electron chi connectivity index (χ3n) is 5.94. The molecule has 1 aliphatic rings. The Balaban J connectivity index is 1.82. The molecule has 1 fully saturated rings. The minimum Gasteiger partial charge on any atom is -0.426 e. The van der Waals surface area contributed by atoms with Crippen molar-refractivity contribution >= 4 is 40.9 Å². The van der Waals surface area contributed by atoms with Crippen molar-refractivity contribution in [3.63, 3.8) is 0 Å². The van der Waals surface area contributed by atoms with Crippen molar-refractivity contribution in [1.82, 2.24) is 25.2 Å². The van der Waals surface area contributed by atoms with Crippen LogP contribution in [0.5, 0.6) is 0 Å². The number of aliphatic hydroxyl groups is 1. The van der Waals surface area contributed by atoms with Crippen LogP contribution in [0.4, 0.5) is 16.3 Å². The van der Waals surface area contributed by atoms with E-state index in [2.05, 4.69) is 25.5 Å². The molecule has 13 nitrogen and oxygen atoms in total. The van der Waals surface area contributed by atoms with Gasteiger partial charge in [-0.3, -0.25) is 9.59 Å². The molecule has 0 unspecified atom stereocenters. The largest absolute Gasteiger partial charge is 0.426 e. The molecule has 2 heterocycles. The molecule has 13 heteroatoms. The Labute approximate surface area is 217 Å². The highest BCUT2D eigenvalue weighted by molar-refractivity contribution is 6.05. The van der Waals surface area contributed by atoms with Gasteiger partial charge in [0.05, 0.1) is 11.3 Å². The molecular weight excluding hydrogens is 496 g/mol. The van der Waals surface area contributed by atoms with Gasteiger partial charge in [-0.2, -0.15) is 5.10 Å². The van der Waals surface area contributed by atoms with Crippen LogP contribution in [-0.4, -0.2) is 69.6 Å². The highest BCUT2D eigenvalue weighted by atomic mass is 16.7. The Hall–Kier alpha value is -4.52. The number of aliphatic hydroxyl groups excluding tert-OH is 1. The Kier molecular flexibility index (Phi) is 7.86. The van der Waals surface area contributed by atoms with E-state index in [1.54, 1.807) is 32.9 Å². The van der Waals surface area contributed by atoms with E-state index in [4.69, 9.17) is 9.84 Å². The molecule has 200 valence electrons. The molecule has 0 bridgehead atoms. The SMILES string of the molecule is CCNC(=O)c1cn2ncnc(N(C(=O)OCOC(=O)CO)c3cc(C(=O)NC4CC4)ccc3C)c2c1C. The molecule has 0 atom stereocenters. The molecule has 1 aromatic carbocycles. The third-order valence-corrected chi connectivity index (χ3v) is 5.94. The molecule has 4 rings (SSSR count). The number of ether oxygens (including phenoxy) is 2. The van der Waals surface area contributed by atoms with Crippen LogP contribution in [0.15, 0.2) is 30.7 Å². The standard InChI is InChI=1S/C25H28N6O7/c1-4-26-24(35)18-10-30-21(15(18)3)22(27-12-28-30)31(25(36)38-13-37-20(33)11-32)19-9-16(6-5-14(19)2)23(34)29-17-7-8-17/h5-6,9-10,12,17,32H,4,7-8,11,13H2,1-3H3,(H,26,35)(H,29,34). The fourth-order valence-electron chi connectivity index (χ4n) is 3.83. The summed E-state index contributed by atoms with van der Waals surface area (Å²) in [5, 5.41) is 18.7. The average molecular weight is 525 g/mol. The van der Waals surface area contributed by atoms with Crippen molar-refractivity contribution in [3.05, 3.63) is 53.0 Å². The van der Waals surface area contributed by atoms with Gasteiger partial charge >= 0.3 is 12.1 Å². The number of rotatable bonds is 9. The lowest BCUT2D eigenvalue weighted by atomic mass is 10.1. The van der Waals surface area contributed by atoms with Gasteiger partial charge in [0.25, 0.3) is 11.8 Å². The summed E-state index contributed by atoms with van der Waals surface area (Å²) in [5.74, 6) is -1.50. The van der Waals surface area contributed by atoms with Gasteiger partial charge in [0.15, 0.2) is 5.82 Å². The molecule has 1 aliphatic carbocycles. The van der Waals surface area contributed by atoms with Crippen LogP contribution < -0.4 is 15.5 Å². The number of anilines is 2. The minimum absolute atomic E-state index is 0.0781. The topological polar surface area (TPSA) is 164 Å². The number of amides is 3. The first kappa shape index (κ1) is 26.5. The van der Waals surface area contributed by atoms with Crippen molar-refractivity contribution in [3.8, 4) is 0 Å². The molecule has 3 amide bonds. The lowest BCUT2D eigenvalue weighted by Crippen LogP contribution is -2.31. The highest BCUT2D eigenvalue weighted by Gasteiger charge is 2.30. The number of aryl methyl sites for hydroxylation is 2. The maximum absolute atomic E-state index is 13.4. The van der Waals surface area contributed by atoms with E-state index in [0.29, 0.717) is 34.3 Å². The van der Waals surface area contributed by atoms with E-state index in [1.807, 2.05) is 0 Å². The van der Waals surface area contributed by atoms with Crippen LogP contribution in [0, 0.1) is 13.8 Å². The maximum atomic E-state index is 13.4. The number of hydrogen-bond donors (Lipinski definition) is 3.